The molecule has 1 aliphatic heterocycles. The molecule has 1 N–H and O–H groups in total. The van der Waals surface area contributed by atoms with Gasteiger partial charge in [-0.15, -0.1) is 11.3 Å². The Labute approximate surface area is 171 Å². The zero-order chi connectivity index (χ0) is 20.1. The Kier molecular flexibility index (Phi) is 5.90. The van der Waals surface area contributed by atoms with Crippen molar-refractivity contribution >= 4 is 33.4 Å². The van der Waals surface area contributed by atoms with Crippen molar-refractivity contribution in [2.24, 2.45) is 0 Å². The Morgan fingerprint density at radius 3 is 2.79 bits per heavy atom. The van der Waals surface area contributed by atoms with Crippen molar-refractivity contribution in [2.75, 3.05) is 19.8 Å². The highest BCUT2D eigenvalue weighted by Crippen LogP contribution is 2.30. The number of aromatic nitrogens is 1. The van der Waals surface area contributed by atoms with E-state index >= 15 is 0 Å². The molecule has 0 bridgehead atoms. The van der Waals surface area contributed by atoms with E-state index in [1.54, 1.807) is 11.3 Å². The number of ether oxygens (including phenoxy) is 3. The lowest BCUT2D eigenvalue weighted by atomic mass is 10.2. The van der Waals surface area contributed by atoms with E-state index in [2.05, 4.69) is 10.3 Å². The molecule has 1 unspecified atom stereocenters. The van der Waals surface area contributed by atoms with Gasteiger partial charge in [0.1, 0.15) is 12.7 Å². The third-order valence-corrected chi connectivity index (χ3v) is 5.44. The molecule has 8 heteroatoms. The minimum Gasteiger partial charge on any atom is -0.486 e. The lowest BCUT2D eigenvalue weighted by Gasteiger charge is -2.26. The third kappa shape index (κ3) is 5.03. The first-order chi connectivity index (χ1) is 14.2. The number of thiazole rings is 1. The van der Waals surface area contributed by atoms with Crippen LogP contribution in [0, 0.1) is 0 Å². The van der Waals surface area contributed by atoms with Gasteiger partial charge in [0, 0.05) is 6.42 Å². The van der Waals surface area contributed by atoms with Crippen LogP contribution >= 0.6 is 11.3 Å². The molecule has 150 valence electrons. The van der Waals surface area contributed by atoms with Crippen molar-refractivity contribution < 1.29 is 23.8 Å². The highest BCUT2D eigenvalue weighted by atomic mass is 32.1. The number of benzene rings is 2. The maximum atomic E-state index is 11.9. The number of nitrogens with one attached hydrogen (secondary N) is 1. The summed E-state index contributed by atoms with van der Waals surface area (Å²) in [6.45, 7) is 0.304. The Morgan fingerprint density at radius 2 is 1.93 bits per heavy atom. The molecule has 7 nitrogen and oxygen atoms in total. The van der Waals surface area contributed by atoms with Crippen LogP contribution in [0.1, 0.15) is 11.4 Å². The summed E-state index contributed by atoms with van der Waals surface area (Å²) in [5, 5.41) is 3.58. The fourth-order valence-electron chi connectivity index (χ4n) is 2.90. The van der Waals surface area contributed by atoms with Crippen LogP contribution in [0.4, 0.5) is 0 Å². The number of fused-ring (bicyclic) bond motifs is 2. The first-order valence-electron chi connectivity index (χ1n) is 9.32. The Bertz CT molecular complexity index is 986. The number of esters is 1. The molecule has 2 heterocycles. The Balaban J connectivity index is 1.15. The van der Waals surface area contributed by atoms with Crippen molar-refractivity contribution in [3.8, 4) is 11.5 Å². The fourth-order valence-corrected chi connectivity index (χ4v) is 3.86. The molecule has 1 aliphatic rings. The van der Waals surface area contributed by atoms with E-state index in [-0.39, 0.29) is 31.6 Å². The second kappa shape index (κ2) is 8.91. The molecule has 0 aliphatic carbocycles. The van der Waals surface area contributed by atoms with Crippen LogP contribution in [0.15, 0.2) is 48.5 Å². The molecule has 0 saturated carbocycles. The normalized spacial score (nSPS) is 15.1. The molecule has 1 atom stereocenters. The Hall–Kier alpha value is -3.13. The number of carbonyl (C=O) groups excluding carboxylic acids is 2. The van der Waals surface area contributed by atoms with Crippen molar-refractivity contribution in [1.82, 2.24) is 10.3 Å². The largest absolute Gasteiger partial charge is 0.486 e. The van der Waals surface area contributed by atoms with Gasteiger partial charge in [0.25, 0.3) is 5.91 Å². The van der Waals surface area contributed by atoms with Crippen LogP contribution in [-0.2, 0) is 20.7 Å². The number of hydrogen-bond acceptors (Lipinski definition) is 7. The number of aryl methyl sites for hydroxylation is 1. The Morgan fingerprint density at radius 1 is 1.14 bits per heavy atom. The molecule has 3 aromatic rings. The number of hydrogen-bond donors (Lipinski definition) is 1. The summed E-state index contributed by atoms with van der Waals surface area (Å²) in [5.41, 5.74) is 0.928. The molecule has 0 spiro atoms. The fraction of sp³-hybridized carbons (Fsp3) is 0.286. The van der Waals surface area contributed by atoms with Gasteiger partial charge in [0.15, 0.2) is 18.1 Å². The van der Waals surface area contributed by atoms with Gasteiger partial charge >= 0.3 is 5.97 Å². The van der Waals surface area contributed by atoms with E-state index in [4.69, 9.17) is 14.2 Å². The van der Waals surface area contributed by atoms with Gasteiger partial charge in [-0.3, -0.25) is 9.59 Å². The molecular weight excluding hydrogens is 392 g/mol. The van der Waals surface area contributed by atoms with E-state index in [1.807, 2.05) is 48.5 Å². The second-order valence-electron chi connectivity index (χ2n) is 6.54. The lowest BCUT2D eigenvalue weighted by Crippen LogP contribution is -2.42. The summed E-state index contributed by atoms with van der Waals surface area (Å²) >= 11 is 1.56. The highest BCUT2D eigenvalue weighted by molar-refractivity contribution is 7.18. The summed E-state index contributed by atoms with van der Waals surface area (Å²) in [5.74, 6) is 0.544. The zero-order valence-electron chi connectivity index (χ0n) is 15.6. The van der Waals surface area contributed by atoms with Crippen molar-refractivity contribution in [3.05, 3.63) is 53.5 Å². The second-order valence-corrected chi connectivity index (χ2v) is 7.65. The minimum atomic E-state index is -0.425. The molecule has 1 aromatic heterocycles. The topological polar surface area (TPSA) is 86.8 Å². The highest BCUT2D eigenvalue weighted by Gasteiger charge is 2.21. The van der Waals surface area contributed by atoms with Crippen LogP contribution in [0.25, 0.3) is 10.2 Å². The molecule has 1 amide bonds. The van der Waals surface area contributed by atoms with Crippen molar-refractivity contribution in [3.63, 3.8) is 0 Å². The number of rotatable bonds is 7. The molecule has 0 radical (unpaired) electrons. The van der Waals surface area contributed by atoms with Gasteiger partial charge < -0.3 is 19.5 Å². The monoisotopic (exact) mass is 412 g/mol. The first kappa shape index (κ1) is 19.2. The van der Waals surface area contributed by atoms with Crippen molar-refractivity contribution in [1.29, 1.82) is 0 Å². The summed E-state index contributed by atoms with van der Waals surface area (Å²) in [6, 6.07) is 15.2. The van der Waals surface area contributed by atoms with E-state index in [0.717, 1.165) is 15.2 Å². The SMILES string of the molecule is O=C(COC(=O)CCc1nc2ccccc2s1)NCC1COc2ccccc2O1. The van der Waals surface area contributed by atoms with Gasteiger partial charge in [-0.2, -0.15) is 0 Å². The molecular formula is C21H20N2O5S. The van der Waals surface area contributed by atoms with E-state index in [9.17, 15) is 9.59 Å². The van der Waals surface area contributed by atoms with E-state index in [1.165, 1.54) is 0 Å². The molecule has 29 heavy (non-hydrogen) atoms. The predicted molar refractivity (Wildman–Crippen MR) is 108 cm³/mol. The van der Waals surface area contributed by atoms with Gasteiger partial charge in [0.05, 0.1) is 28.2 Å². The van der Waals surface area contributed by atoms with Crippen LogP contribution in [0.5, 0.6) is 11.5 Å². The first-order valence-corrected chi connectivity index (χ1v) is 10.1. The summed E-state index contributed by atoms with van der Waals surface area (Å²) < 4.78 is 17.5. The quantitative estimate of drug-likeness (QED) is 0.601. The smallest absolute Gasteiger partial charge is 0.306 e. The molecule has 0 saturated heterocycles. The van der Waals surface area contributed by atoms with Gasteiger partial charge in [-0.25, -0.2) is 4.98 Å². The standard InChI is InChI=1S/C21H20N2O5S/c24-19(22-11-14-12-26-16-6-2-3-7-17(16)28-14)13-27-21(25)10-9-20-23-15-5-1-4-8-18(15)29-20/h1-8,14H,9-13H2,(H,22,24). The average molecular weight is 412 g/mol. The number of para-hydroxylation sites is 3. The van der Waals surface area contributed by atoms with Gasteiger partial charge in [-0.1, -0.05) is 24.3 Å². The number of amides is 1. The maximum absolute atomic E-state index is 11.9. The van der Waals surface area contributed by atoms with Crippen LogP contribution in [0.3, 0.4) is 0 Å². The lowest BCUT2D eigenvalue weighted by molar-refractivity contribution is -0.148. The molecule has 0 fully saturated rings. The van der Waals surface area contributed by atoms with Gasteiger partial charge in [-0.05, 0) is 24.3 Å². The van der Waals surface area contributed by atoms with E-state index in [0.29, 0.717) is 24.5 Å². The van der Waals surface area contributed by atoms with Crippen LogP contribution in [0.2, 0.25) is 0 Å². The van der Waals surface area contributed by atoms with Crippen LogP contribution < -0.4 is 14.8 Å². The molecule has 2 aromatic carbocycles. The minimum absolute atomic E-state index is 0.184. The number of nitrogens with zero attached hydrogens (tertiary/aromatic N) is 1. The predicted octanol–water partition coefficient (Wildman–Crippen LogP) is 2.73. The molecule has 4 rings (SSSR count). The number of carbonyl (C=O) groups is 2. The summed E-state index contributed by atoms with van der Waals surface area (Å²) in [4.78, 5) is 28.3. The van der Waals surface area contributed by atoms with Crippen LogP contribution in [-0.4, -0.2) is 42.7 Å². The third-order valence-electron chi connectivity index (χ3n) is 4.34. The van der Waals surface area contributed by atoms with E-state index < -0.39 is 5.97 Å². The summed E-state index contributed by atoms with van der Waals surface area (Å²) in [6.07, 6.45) is 0.388. The zero-order valence-corrected chi connectivity index (χ0v) is 16.4. The summed E-state index contributed by atoms with van der Waals surface area (Å²) in [7, 11) is 0. The maximum Gasteiger partial charge on any atom is 0.306 e. The van der Waals surface area contributed by atoms with Crippen molar-refractivity contribution in [2.45, 2.75) is 18.9 Å². The van der Waals surface area contributed by atoms with Gasteiger partial charge in [0.2, 0.25) is 0 Å². The average Bonchev–Trinajstić information content (AvgIpc) is 3.17.